The first-order chi connectivity index (χ1) is 9.15. The standard InChI is InChI=1S/C15H21NO3/c17-11-15(7-3-4-8-15)10-16-14(19)9-12-5-1-2-6-13(12)18/h1-2,5-6,17-18H,3-4,7-11H2,(H,16,19). The van der Waals surface area contributed by atoms with Crippen LogP contribution in [0.25, 0.3) is 0 Å². The fourth-order valence-corrected chi connectivity index (χ4v) is 2.70. The van der Waals surface area contributed by atoms with Gasteiger partial charge in [-0.3, -0.25) is 4.79 Å². The summed E-state index contributed by atoms with van der Waals surface area (Å²) in [6.45, 7) is 0.653. The van der Waals surface area contributed by atoms with Gasteiger partial charge in [0.2, 0.25) is 5.91 Å². The van der Waals surface area contributed by atoms with E-state index < -0.39 is 0 Å². The first kappa shape index (κ1) is 13.9. The van der Waals surface area contributed by atoms with Crippen LogP contribution in [0.5, 0.6) is 5.75 Å². The SMILES string of the molecule is O=C(Cc1ccccc1O)NCC1(CO)CCCC1. The van der Waals surface area contributed by atoms with Crippen LogP contribution in [0.2, 0.25) is 0 Å². The summed E-state index contributed by atoms with van der Waals surface area (Å²) >= 11 is 0. The van der Waals surface area contributed by atoms with Gasteiger partial charge in [-0.05, 0) is 18.9 Å². The molecule has 0 aliphatic heterocycles. The van der Waals surface area contributed by atoms with Crippen LogP contribution in [0.15, 0.2) is 24.3 Å². The van der Waals surface area contributed by atoms with Crippen molar-refractivity contribution in [2.24, 2.45) is 5.41 Å². The van der Waals surface area contributed by atoms with Crippen LogP contribution in [0.1, 0.15) is 31.2 Å². The van der Waals surface area contributed by atoms with Crippen LogP contribution in [0.3, 0.4) is 0 Å². The van der Waals surface area contributed by atoms with Gasteiger partial charge >= 0.3 is 0 Å². The van der Waals surface area contributed by atoms with Crippen molar-refractivity contribution in [1.82, 2.24) is 5.32 Å². The summed E-state index contributed by atoms with van der Waals surface area (Å²) < 4.78 is 0. The molecule has 3 N–H and O–H groups in total. The van der Waals surface area contributed by atoms with Gasteiger partial charge in [0.1, 0.15) is 5.75 Å². The molecule has 0 saturated heterocycles. The maximum atomic E-state index is 11.9. The first-order valence-electron chi connectivity index (χ1n) is 6.80. The quantitative estimate of drug-likeness (QED) is 0.756. The number of phenols is 1. The van der Waals surface area contributed by atoms with Crippen molar-refractivity contribution in [3.8, 4) is 5.75 Å². The summed E-state index contributed by atoms with van der Waals surface area (Å²) in [5.74, 6) is 0.0385. The molecule has 0 aromatic heterocycles. The van der Waals surface area contributed by atoms with Crippen molar-refractivity contribution in [3.63, 3.8) is 0 Å². The average molecular weight is 263 g/mol. The Morgan fingerprint density at radius 1 is 1.26 bits per heavy atom. The molecule has 1 aliphatic carbocycles. The van der Waals surface area contributed by atoms with Gasteiger partial charge in [0, 0.05) is 17.5 Å². The van der Waals surface area contributed by atoms with E-state index in [9.17, 15) is 15.0 Å². The van der Waals surface area contributed by atoms with E-state index >= 15 is 0 Å². The molecule has 1 amide bonds. The molecule has 104 valence electrons. The Labute approximate surface area is 113 Å². The van der Waals surface area contributed by atoms with Gasteiger partial charge in [0.15, 0.2) is 0 Å². The van der Waals surface area contributed by atoms with Crippen LogP contribution < -0.4 is 5.32 Å². The van der Waals surface area contributed by atoms with E-state index in [0.29, 0.717) is 12.1 Å². The number of hydrogen-bond donors (Lipinski definition) is 3. The summed E-state index contributed by atoms with van der Waals surface area (Å²) in [4.78, 5) is 11.9. The first-order valence-corrected chi connectivity index (χ1v) is 6.80. The van der Waals surface area contributed by atoms with Crippen LogP contribution in [-0.4, -0.2) is 29.3 Å². The molecule has 0 radical (unpaired) electrons. The van der Waals surface area contributed by atoms with E-state index in [1.807, 2.05) is 0 Å². The summed E-state index contributed by atoms with van der Waals surface area (Å²) in [6.07, 6.45) is 4.36. The van der Waals surface area contributed by atoms with Gasteiger partial charge in [0.25, 0.3) is 0 Å². The van der Waals surface area contributed by atoms with Crippen molar-refractivity contribution in [3.05, 3.63) is 29.8 Å². The Bertz CT molecular complexity index is 439. The second-order valence-corrected chi connectivity index (χ2v) is 5.45. The minimum atomic E-state index is -0.131. The second kappa shape index (κ2) is 6.06. The Balaban J connectivity index is 1.86. The maximum absolute atomic E-state index is 11.9. The summed E-state index contributed by atoms with van der Waals surface area (Å²) in [5.41, 5.74) is 0.499. The molecular weight excluding hydrogens is 242 g/mol. The van der Waals surface area contributed by atoms with Crippen molar-refractivity contribution in [1.29, 1.82) is 0 Å². The van der Waals surface area contributed by atoms with Gasteiger partial charge in [-0.25, -0.2) is 0 Å². The molecule has 1 aromatic carbocycles. The number of aliphatic hydroxyl groups excluding tert-OH is 1. The highest BCUT2D eigenvalue weighted by Crippen LogP contribution is 2.36. The normalized spacial score (nSPS) is 17.3. The van der Waals surface area contributed by atoms with Crippen LogP contribution >= 0.6 is 0 Å². The molecule has 1 fully saturated rings. The highest BCUT2D eigenvalue weighted by Gasteiger charge is 2.33. The van der Waals surface area contributed by atoms with Gasteiger partial charge < -0.3 is 15.5 Å². The van der Waals surface area contributed by atoms with Gasteiger partial charge in [-0.15, -0.1) is 0 Å². The Morgan fingerprint density at radius 3 is 2.58 bits per heavy atom. The van der Waals surface area contributed by atoms with E-state index in [0.717, 1.165) is 25.7 Å². The molecule has 0 heterocycles. The molecule has 4 nitrogen and oxygen atoms in total. The number of benzene rings is 1. The third kappa shape index (κ3) is 3.47. The smallest absolute Gasteiger partial charge is 0.224 e. The lowest BCUT2D eigenvalue weighted by Crippen LogP contribution is -2.38. The summed E-state index contributed by atoms with van der Waals surface area (Å²) in [6, 6.07) is 6.85. The van der Waals surface area contributed by atoms with Crippen molar-refractivity contribution < 1.29 is 15.0 Å². The zero-order valence-corrected chi connectivity index (χ0v) is 11.1. The van der Waals surface area contributed by atoms with Gasteiger partial charge in [0.05, 0.1) is 13.0 Å². The summed E-state index contributed by atoms with van der Waals surface area (Å²) in [5, 5.41) is 22.0. The average Bonchev–Trinajstić information content (AvgIpc) is 2.89. The Kier molecular flexibility index (Phi) is 4.43. The second-order valence-electron chi connectivity index (χ2n) is 5.45. The number of nitrogens with one attached hydrogen (secondary N) is 1. The molecular formula is C15H21NO3. The maximum Gasteiger partial charge on any atom is 0.224 e. The summed E-state index contributed by atoms with van der Waals surface area (Å²) in [7, 11) is 0. The number of carbonyl (C=O) groups excluding carboxylic acids is 1. The number of amides is 1. The van der Waals surface area contributed by atoms with E-state index in [-0.39, 0.29) is 30.1 Å². The number of aliphatic hydroxyl groups is 1. The van der Waals surface area contributed by atoms with Crippen molar-refractivity contribution in [2.75, 3.05) is 13.2 Å². The van der Waals surface area contributed by atoms with Gasteiger partial charge in [-0.1, -0.05) is 31.0 Å². The number of rotatable bonds is 5. The van der Waals surface area contributed by atoms with E-state index in [1.54, 1.807) is 24.3 Å². The fraction of sp³-hybridized carbons (Fsp3) is 0.533. The predicted octanol–water partition coefficient (Wildman–Crippen LogP) is 1.60. The number of carbonyl (C=O) groups is 1. The van der Waals surface area contributed by atoms with Crippen LogP contribution in [0.4, 0.5) is 0 Å². The van der Waals surface area contributed by atoms with Crippen molar-refractivity contribution in [2.45, 2.75) is 32.1 Å². The zero-order valence-electron chi connectivity index (χ0n) is 11.1. The lowest BCUT2D eigenvalue weighted by Gasteiger charge is -2.26. The minimum absolute atomic E-state index is 0.110. The lowest BCUT2D eigenvalue weighted by atomic mass is 9.87. The molecule has 19 heavy (non-hydrogen) atoms. The Morgan fingerprint density at radius 2 is 1.95 bits per heavy atom. The molecule has 0 bridgehead atoms. The Hall–Kier alpha value is -1.55. The number of hydrogen-bond acceptors (Lipinski definition) is 3. The molecule has 0 spiro atoms. The largest absolute Gasteiger partial charge is 0.508 e. The molecule has 4 heteroatoms. The van der Waals surface area contributed by atoms with Crippen LogP contribution in [0, 0.1) is 5.41 Å². The van der Waals surface area contributed by atoms with E-state index in [4.69, 9.17) is 0 Å². The minimum Gasteiger partial charge on any atom is -0.508 e. The molecule has 0 atom stereocenters. The third-order valence-electron chi connectivity index (χ3n) is 4.00. The highest BCUT2D eigenvalue weighted by atomic mass is 16.3. The number of aromatic hydroxyl groups is 1. The number of para-hydroxylation sites is 1. The molecule has 2 rings (SSSR count). The topological polar surface area (TPSA) is 69.6 Å². The molecule has 1 saturated carbocycles. The van der Waals surface area contributed by atoms with Crippen molar-refractivity contribution >= 4 is 5.91 Å². The third-order valence-corrected chi connectivity index (χ3v) is 4.00. The monoisotopic (exact) mass is 263 g/mol. The zero-order chi connectivity index (χ0) is 13.7. The highest BCUT2D eigenvalue weighted by molar-refractivity contribution is 5.79. The van der Waals surface area contributed by atoms with Crippen LogP contribution in [-0.2, 0) is 11.2 Å². The van der Waals surface area contributed by atoms with Gasteiger partial charge in [-0.2, -0.15) is 0 Å². The van der Waals surface area contributed by atoms with E-state index in [2.05, 4.69) is 5.32 Å². The fourth-order valence-electron chi connectivity index (χ4n) is 2.70. The molecule has 1 aliphatic rings. The predicted molar refractivity (Wildman–Crippen MR) is 72.8 cm³/mol. The molecule has 0 unspecified atom stereocenters. The van der Waals surface area contributed by atoms with E-state index in [1.165, 1.54) is 0 Å². The number of phenolic OH excluding ortho intramolecular Hbond substituents is 1. The molecule has 1 aromatic rings. The lowest BCUT2D eigenvalue weighted by molar-refractivity contribution is -0.121.